The van der Waals surface area contributed by atoms with Gasteiger partial charge in [-0.3, -0.25) is 4.89 Å². The standard InChI is InChI=1S/C7H6O3.C4H9.Al.2H/c8-7(10-9)6-4-2-1-3-5-6;1-3-4-2;;;/h1-5,9H;1,3-4H2,2H3;;;. The average Bonchev–Trinajstić information content (AvgIpc) is 2.31. The maximum absolute atomic E-state index is 10.5. The van der Waals surface area contributed by atoms with E-state index < -0.39 is 5.97 Å². The van der Waals surface area contributed by atoms with Crippen molar-refractivity contribution < 1.29 is 14.9 Å². The summed E-state index contributed by atoms with van der Waals surface area (Å²) in [5, 5.41) is 9.42. The Morgan fingerprint density at radius 3 is 2.33 bits per heavy atom. The molecule has 1 N–H and O–H groups in total. The highest BCUT2D eigenvalue weighted by molar-refractivity contribution is 6.08. The van der Waals surface area contributed by atoms with Crippen LogP contribution in [-0.2, 0) is 4.89 Å². The Balaban J connectivity index is 0.000000336. The largest absolute Gasteiger partial charge is 0.372 e. The molecule has 0 aromatic heterocycles. The Bertz CT molecular complexity index is 260. The zero-order chi connectivity index (χ0) is 11.5. The van der Waals surface area contributed by atoms with E-state index in [1.165, 1.54) is 34.4 Å². The number of carbonyl (C=O) groups is 1. The van der Waals surface area contributed by atoms with Crippen LogP contribution in [0.4, 0.5) is 0 Å². The second-order valence-electron chi connectivity index (χ2n) is 3.10. The molecule has 82 valence electrons. The molecule has 0 aliphatic carbocycles. The Morgan fingerprint density at radius 2 is 2.00 bits per heavy atom. The molecule has 1 aromatic rings. The molecule has 0 saturated carbocycles. The van der Waals surface area contributed by atoms with Gasteiger partial charge >= 0.3 is 5.97 Å². The monoisotopic (exact) mass is 224 g/mol. The van der Waals surface area contributed by atoms with Gasteiger partial charge in [0.05, 0.1) is 5.56 Å². The Kier molecular flexibility index (Phi) is 9.20. The van der Waals surface area contributed by atoms with Crippen LogP contribution in [0.3, 0.4) is 0 Å². The van der Waals surface area contributed by atoms with Gasteiger partial charge in [0.1, 0.15) is 0 Å². The molecule has 0 unspecified atom stereocenters. The van der Waals surface area contributed by atoms with Crippen LogP contribution in [-0.4, -0.2) is 27.5 Å². The highest BCUT2D eigenvalue weighted by Crippen LogP contribution is 1.98. The summed E-state index contributed by atoms with van der Waals surface area (Å²) in [5.74, 6) is -0.736. The quantitative estimate of drug-likeness (QED) is 0.486. The van der Waals surface area contributed by atoms with E-state index in [1.807, 2.05) is 0 Å². The molecule has 0 fully saturated rings. The van der Waals surface area contributed by atoms with Crippen LogP contribution in [0.15, 0.2) is 30.3 Å². The zero-order valence-electron chi connectivity index (χ0n) is 9.27. The Hall–Kier alpha value is -0.818. The van der Waals surface area contributed by atoms with Crippen LogP contribution < -0.4 is 0 Å². The van der Waals surface area contributed by atoms with Crippen LogP contribution in [0.25, 0.3) is 0 Å². The number of hydrogen-bond donors (Lipinski definition) is 1. The molecule has 0 bridgehead atoms. The third-order valence-electron chi connectivity index (χ3n) is 1.80. The van der Waals surface area contributed by atoms with Gasteiger partial charge in [0.15, 0.2) is 0 Å². The van der Waals surface area contributed by atoms with Crippen molar-refractivity contribution in [3.05, 3.63) is 35.9 Å². The summed E-state index contributed by atoms with van der Waals surface area (Å²) in [6.45, 7) is 2.23. The fourth-order valence-electron chi connectivity index (χ4n) is 0.980. The fourth-order valence-corrected chi connectivity index (χ4v) is 1.69. The summed E-state index contributed by atoms with van der Waals surface area (Å²) >= 11 is 1.40. The smallest absolute Gasteiger partial charge is 0.296 e. The summed E-state index contributed by atoms with van der Waals surface area (Å²) in [6.07, 6.45) is 2.83. The van der Waals surface area contributed by atoms with E-state index in [2.05, 4.69) is 11.8 Å². The fraction of sp³-hybridized carbons (Fsp3) is 0.364. The van der Waals surface area contributed by atoms with Crippen molar-refractivity contribution in [2.45, 2.75) is 25.0 Å². The lowest BCUT2D eigenvalue weighted by Gasteiger charge is -1.92. The molecule has 1 aromatic carbocycles. The summed E-state index contributed by atoms with van der Waals surface area (Å²) in [5.41, 5.74) is 0.338. The van der Waals surface area contributed by atoms with E-state index in [1.54, 1.807) is 30.3 Å². The minimum Gasteiger partial charge on any atom is -0.296 e. The molecule has 0 amide bonds. The molecule has 3 nitrogen and oxygen atoms in total. The van der Waals surface area contributed by atoms with Crippen LogP contribution in [0.1, 0.15) is 30.1 Å². The van der Waals surface area contributed by atoms with E-state index in [-0.39, 0.29) is 0 Å². The van der Waals surface area contributed by atoms with E-state index >= 15 is 0 Å². The molecule has 1 rings (SSSR count). The van der Waals surface area contributed by atoms with Gasteiger partial charge in [0.25, 0.3) is 0 Å². The number of rotatable bonds is 3. The van der Waals surface area contributed by atoms with Gasteiger partial charge in [-0.25, -0.2) is 4.79 Å². The van der Waals surface area contributed by atoms with Crippen LogP contribution >= 0.6 is 0 Å². The molecule has 0 radical (unpaired) electrons. The van der Waals surface area contributed by atoms with Crippen molar-refractivity contribution in [3.8, 4) is 0 Å². The lowest BCUT2D eigenvalue weighted by atomic mass is 10.2. The van der Waals surface area contributed by atoms with E-state index in [9.17, 15) is 4.79 Å². The summed E-state index contributed by atoms with van der Waals surface area (Å²) < 4.78 is 0. The first-order chi connectivity index (χ1) is 7.26. The van der Waals surface area contributed by atoms with Gasteiger partial charge in [0, 0.05) is 0 Å². The second kappa shape index (κ2) is 9.73. The first-order valence-electron chi connectivity index (χ1n) is 5.17. The minimum absolute atomic E-state index is 0.338. The third kappa shape index (κ3) is 7.15. The van der Waals surface area contributed by atoms with E-state index in [0.29, 0.717) is 5.56 Å². The number of carbonyl (C=O) groups excluding carboxylic acids is 1. The molecule has 0 aliphatic heterocycles. The maximum atomic E-state index is 10.5. The van der Waals surface area contributed by atoms with Crippen molar-refractivity contribution in [1.29, 1.82) is 0 Å². The van der Waals surface area contributed by atoms with Gasteiger partial charge < -0.3 is 0 Å². The summed E-state index contributed by atoms with van der Waals surface area (Å²) in [7, 11) is 0. The van der Waals surface area contributed by atoms with Crippen LogP contribution in [0.5, 0.6) is 0 Å². The van der Waals surface area contributed by atoms with Crippen molar-refractivity contribution in [2.24, 2.45) is 0 Å². The van der Waals surface area contributed by atoms with Crippen molar-refractivity contribution >= 4 is 22.3 Å². The van der Waals surface area contributed by atoms with Crippen LogP contribution in [0.2, 0.25) is 5.28 Å². The molecular weight excluding hydrogens is 207 g/mol. The van der Waals surface area contributed by atoms with Crippen LogP contribution in [0, 0.1) is 0 Å². The lowest BCUT2D eigenvalue weighted by Crippen LogP contribution is -2.00. The van der Waals surface area contributed by atoms with Gasteiger partial charge in [-0.05, 0) is 12.1 Å². The van der Waals surface area contributed by atoms with E-state index in [0.717, 1.165) is 0 Å². The lowest BCUT2D eigenvalue weighted by molar-refractivity contribution is -0.182. The first kappa shape index (κ1) is 14.2. The first-order valence-corrected chi connectivity index (χ1v) is 6.58. The molecule has 0 heterocycles. The molecule has 0 atom stereocenters. The maximum Gasteiger partial charge on any atom is 0.372 e. The summed E-state index contributed by atoms with van der Waals surface area (Å²) in [4.78, 5) is 14.0. The van der Waals surface area contributed by atoms with Gasteiger partial charge in [0.2, 0.25) is 16.3 Å². The van der Waals surface area contributed by atoms with Gasteiger partial charge in [-0.15, -0.1) is 5.28 Å². The molecule has 0 aliphatic rings. The predicted octanol–water partition coefficient (Wildman–Crippen LogP) is 2.15. The normalized spacial score (nSPS) is 8.67. The topological polar surface area (TPSA) is 46.5 Å². The van der Waals surface area contributed by atoms with Crippen molar-refractivity contribution in [3.63, 3.8) is 0 Å². The molecule has 4 heteroatoms. The summed E-state index contributed by atoms with van der Waals surface area (Å²) in [6, 6.07) is 8.25. The minimum atomic E-state index is -0.736. The molecular formula is C11H17AlO3. The number of unbranched alkanes of at least 4 members (excludes halogenated alkanes) is 1. The Morgan fingerprint density at radius 1 is 1.40 bits per heavy atom. The molecule has 0 spiro atoms. The third-order valence-corrected chi connectivity index (χ3v) is 2.51. The number of hydrogen-bond acceptors (Lipinski definition) is 3. The Labute approximate surface area is 98.4 Å². The average molecular weight is 224 g/mol. The van der Waals surface area contributed by atoms with Crippen molar-refractivity contribution in [1.82, 2.24) is 0 Å². The van der Waals surface area contributed by atoms with E-state index in [4.69, 9.17) is 5.26 Å². The second-order valence-corrected chi connectivity index (χ2v) is 4.10. The van der Waals surface area contributed by atoms with Gasteiger partial charge in [-0.1, -0.05) is 38.0 Å². The van der Waals surface area contributed by atoms with Crippen molar-refractivity contribution in [2.75, 3.05) is 0 Å². The highest BCUT2D eigenvalue weighted by Gasteiger charge is 2.02. The SMILES string of the molecule is CCC[CH2][AlH2].O=C(OO)c1ccccc1. The number of benzene rings is 1. The van der Waals surface area contributed by atoms with Gasteiger partial charge in [-0.2, -0.15) is 5.26 Å². The highest BCUT2D eigenvalue weighted by atomic mass is 27.0. The molecule has 0 saturated heterocycles. The predicted molar refractivity (Wildman–Crippen MR) is 62.7 cm³/mol. The zero-order valence-corrected chi connectivity index (χ0v) is 11.3. The molecule has 15 heavy (non-hydrogen) atoms.